The number of hydrogen-bond donors (Lipinski definition) is 1. The van der Waals surface area contributed by atoms with Crippen molar-refractivity contribution in [1.82, 2.24) is 4.57 Å². The van der Waals surface area contributed by atoms with Crippen molar-refractivity contribution in [1.29, 1.82) is 0 Å². The van der Waals surface area contributed by atoms with Crippen LogP contribution in [0, 0.1) is 5.41 Å². The van der Waals surface area contributed by atoms with Gasteiger partial charge in [0.05, 0.1) is 10.6 Å². The smallest absolute Gasteiger partial charge is 0.258 e. The number of hydrogen-bond acceptors (Lipinski definition) is 2. The predicted molar refractivity (Wildman–Crippen MR) is 112 cm³/mol. The van der Waals surface area contributed by atoms with Gasteiger partial charge >= 0.3 is 0 Å². The molecule has 0 unspecified atom stereocenters. The van der Waals surface area contributed by atoms with Gasteiger partial charge in [-0.25, -0.2) is 0 Å². The van der Waals surface area contributed by atoms with Gasteiger partial charge in [-0.15, -0.1) is 0 Å². The van der Waals surface area contributed by atoms with Gasteiger partial charge in [0.1, 0.15) is 0 Å². The van der Waals surface area contributed by atoms with Gasteiger partial charge < -0.3 is 9.88 Å². The lowest BCUT2D eigenvalue weighted by Crippen LogP contribution is -2.26. The molecule has 0 aliphatic heterocycles. The second-order valence-electron chi connectivity index (χ2n) is 7.65. The number of fused-ring (bicyclic) bond motifs is 1. The van der Waals surface area contributed by atoms with Crippen LogP contribution < -0.4 is 10.9 Å². The molecule has 140 valence electrons. The van der Waals surface area contributed by atoms with Crippen LogP contribution in [0.25, 0.3) is 10.8 Å². The molecule has 1 aromatic heterocycles. The van der Waals surface area contributed by atoms with E-state index in [-0.39, 0.29) is 22.4 Å². The Morgan fingerprint density at radius 1 is 1.07 bits per heavy atom. The predicted octanol–water partition coefficient (Wildman–Crippen LogP) is 5.61. The molecule has 2 aromatic carbocycles. The molecule has 0 atom stereocenters. The Balaban J connectivity index is 2.01. The third kappa shape index (κ3) is 4.34. The van der Waals surface area contributed by atoms with Gasteiger partial charge in [-0.2, -0.15) is 0 Å². The van der Waals surface area contributed by atoms with Crippen LogP contribution in [0.1, 0.15) is 31.1 Å². The number of nitrogens with one attached hydrogen (secondary N) is 1. The van der Waals surface area contributed by atoms with Crippen LogP contribution in [0.15, 0.2) is 53.5 Å². The van der Waals surface area contributed by atoms with E-state index in [4.69, 9.17) is 23.2 Å². The van der Waals surface area contributed by atoms with Gasteiger partial charge in [-0.3, -0.25) is 9.59 Å². The van der Waals surface area contributed by atoms with E-state index in [1.165, 1.54) is 6.07 Å². The molecule has 1 N–H and O–H groups in total. The molecular weight excluding hydrogens is 383 g/mol. The molecule has 0 saturated heterocycles. The molecule has 3 aromatic rings. The molecule has 0 fully saturated rings. The maximum atomic E-state index is 12.8. The molecule has 0 aliphatic rings. The highest BCUT2D eigenvalue weighted by Crippen LogP contribution is 2.25. The highest BCUT2D eigenvalue weighted by Gasteiger charge is 2.16. The first-order chi connectivity index (χ1) is 12.7. The molecule has 0 bridgehead atoms. The molecule has 0 saturated carbocycles. The van der Waals surface area contributed by atoms with Crippen molar-refractivity contribution in [2.45, 2.75) is 27.3 Å². The maximum absolute atomic E-state index is 12.8. The highest BCUT2D eigenvalue weighted by atomic mass is 35.5. The first kappa shape index (κ1) is 19.5. The molecule has 3 rings (SSSR count). The van der Waals surface area contributed by atoms with Crippen LogP contribution in [-0.4, -0.2) is 10.5 Å². The lowest BCUT2D eigenvalue weighted by molar-refractivity contribution is 0.102. The molecule has 1 heterocycles. The zero-order valence-corrected chi connectivity index (χ0v) is 16.9. The Hall–Kier alpha value is -2.30. The largest absolute Gasteiger partial charge is 0.321 e. The van der Waals surface area contributed by atoms with Gasteiger partial charge in [0.25, 0.3) is 11.5 Å². The quantitative estimate of drug-likeness (QED) is 0.618. The molecule has 4 nitrogen and oxygen atoms in total. The van der Waals surface area contributed by atoms with Gasteiger partial charge in [0.2, 0.25) is 0 Å². The van der Waals surface area contributed by atoms with Gasteiger partial charge in [-0.1, -0.05) is 50.0 Å². The van der Waals surface area contributed by atoms with Crippen LogP contribution in [0.5, 0.6) is 0 Å². The van der Waals surface area contributed by atoms with E-state index in [0.29, 0.717) is 33.0 Å². The fourth-order valence-corrected chi connectivity index (χ4v) is 3.30. The van der Waals surface area contributed by atoms with E-state index >= 15 is 0 Å². The zero-order valence-electron chi connectivity index (χ0n) is 15.3. The molecule has 27 heavy (non-hydrogen) atoms. The van der Waals surface area contributed by atoms with E-state index in [1.807, 2.05) is 6.07 Å². The first-order valence-electron chi connectivity index (χ1n) is 8.54. The van der Waals surface area contributed by atoms with Crippen LogP contribution in [0.2, 0.25) is 10.0 Å². The normalized spacial score (nSPS) is 11.6. The second kappa shape index (κ2) is 7.37. The Morgan fingerprint density at radius 2 is 1.81 bits per heavy atom. The van der Waals surface area contributed by atoms with E-state index in [0.717, 1.165) is 0 Å². The van der Waals surface area contributed by atoms with E-state index in [9.17, 15) is 9.59 Å². The lowest BCUT2D eigenvalue weighted by atomic mass is 9.96. The monoisotopic (exact) mass is 402 g/mol. The number of rotatable bonds is 3. The fourth-order valence-electron chi connectivity index (χ4n) is 2.92. The van der Waals surface area contributed by atoms with Crippen molar-refractivity contribution in [3.63, 3.8) is 0 Å². The van der Waals surface area contributed by atoms with Crippen molar-refractivity contribution >= 4 is 45.6 Å². The highest BCUT2D eigenvalue weighted by molar-refractivity contribution is 6.36. The number of aromatic nitrogens is 1. The van der Waals surface area contributed by atoms with Crippen molar-refractivity contribution in [2.24, 2.45) is 5.41 Å². The number of benzene rings is 2. The van der Waals surface area contributed by atoms with Crippen molar-refractivity contribution in [3.05, 3.63) is 74.6 Å². The lowest BCUT2D eigenvalue weighted by Gasteiger charge is -2.20. The number of halogens is 2. The summed E-state index contributed by atoms with van der Waals surface area (Å²) in [6.45, 7) is 6.84. The minimum atomic E-state index is -0.381. The molecule has 0 aliphatic carbocycles. The number of amides is 1. The minimum Gasteiger partial charge on any atom is -0.321 e. The molecule has 0 radical (unpaired) electrons. The number of anilines is 1. The Morgan fingerprint density at radius 3 is 2.52 bits per heavy atom. The second-order valence-corrected chi connectivity index (χ2v) is 8.50. The van der Waals surface area contributed by atoms with Gasteiger partial charge in [0.15, 0.2) is 0 Å². The molecule has 6 heteroatoms. The Bertz CT molecular complexity index is 1080. The van der Waals surface area contributed by atoms with Gasteiger partial charge in [-0.05, 0) is 41.8 Å². The van der Waals surface area contributed by atoms with Crippen LogP contribution in [0.3, 0.4) is 0 Å². The standard InChI is InChI=1S/C21H20Cl2N2O2/c1-21(2,3)12-25-10-9-14-15(20(25)27)5-4-6-18(14)24-19(26)16-11-13(22)7-8-17(16)23/h4-11H,12H2,1-3H3,(H,24,26). The summed E-state index contributed by atoms with van der Waals surface area (Å²) in [4.78, 5) is 25.5. The zero-order chi connectivity index (χ0) is 19.8. The summed E-state index contributed by atoms with van der Waals surface area (Å²) in [5, 5.41) is 4.80. The summed E-state index contributed by atoms with van der Waals surface area (Å²) >= 11 is 12.1. The summed E-state index contributed by atoms with van der Waals surface area (Å²) in [7, 11) is 0. The molecule has 1 amide bonds. The Kier molecular flexibility index (Phi) is 5.31. The summed E-state index contributed by atoms with van der Waals surface area (Å²) in [5.41, 5.74) is 0.724. The average molecular weight is 403 g/mol. The summed E-state index contributed by atoms with van der Waals surface area (Å²) in [5.74, 6) is -0.381. The van der Waals surface area contributed by atoms with Crippen LogP contribution in [-0.2, 0) is 6.54 Å². The topological polar surface area (TPSA) is 51.1 Å². The summed E-state index contributed by atoms with van der Waals surface area (Å²) in [6.07, 6.45) is 1.76. The first-order valence-corrected chi connectivity index (χ1v) is 9.30. The van der Waals surface area contributed by atoms with Crippen molar-refractivity contribution in [2.75, 3.05) is 5.32 Å². The average Bonchev–Trinajstić information content (AvgIpc) is 2.59. The van der Waals surface area contributed by atoms with Crippen molar-refractivity contribution < 1.29 is 4.79 Å². The summed E-state index contributed by atoms with van der Waals surface area (Å²) in [6, 6.07) is 11.8. The van der Waals surface area contributed by atoms with Crippen LogP contribution in [0.4, 0.5) is 5.69 Å². The Labute approximate surface area is 167 Å². The minimum absolute atomic E-state index is 0.0212. The number of pyridine rings is 1. The maximum Gasteiger partial charge on any atom is 0.258 e. The molecular formula is C21H20Cl2N2O2. The number of carbonyl (C=O) groups excluding carboxylic acids is 1. The molecule has 0 spiro atoms. The van der Waals surface area contributed by atoms with E-state index < -0.39 is 0 Å². The van der Waals surface area contributed by atoms with Crippen molar-refractivity contribution in [3.8, 4) is 0 Å². The number of carbonyl (C=O) groups is 1. The third-order valence-corrected chi connectivity index (χ3v) is 4.65. The van der Waals surface area contributed by atoms with Gasteiger partial charge in [0, 0.05) is 34.2 Å². The third-order valence-electron chi connectivity index (χ3n) is 4.08. The van der Waals surface area contributed by atoms with Crippen LogP contribution >= 0.6 is 23.2 Å². The van der Waals surface area contributed by atoms with E-state index in [1.54, 1.807) is 41.1 Å². The number of nitrogens with zero attached hydrogens (tertiary/aromatic N) is 1. The summed E-state index contributed by atoms with van der Waals surface area (Å²) < 4.78 is 1.70. The van der Waals surface area contributed by atoms with E-state index in [2.05, 4.69) is 26.1 Å². The SMILES string of the molecule is CC(C)(C)Cn1ccc2c(NC(=O)c3cc(Cl)ccc3Cl)cccc2c1=O. The fraction of sp³-hybridized carbons (Fsp3) is 0.238.